The molecule has 0 saturated carbocycles. The molecule has 0 fully saturated rings. The van der Waals surface area contributed by atoms with Crippen LogP contribution in [0.1, 0.15) is 0 Å². The Hall–Kier alpha value is -1.52. The van der Waals surface area contributed by atoms with Crippen molar-refractivity contribution in [3.8, 4) is 0 Å². The van der Waals surface area contributed by atoms with E-state index in [0.717, 1.165) is 5.84 Å². The van der Waals surface area contributed by atoms with Gasteiger partial charge < -0.3 is 4.90 Å². The van der Waals surface area contributed by atoms with Gasteiger partial charge in [-0.25, -0.2) is 9.98 Å². The molecule has 2 rings (SSSR count). The van der Waals surface area contributed by atoms with Crippen molar-refractivity contribution < 1.29 is 0 Å². The highest BCUT2D eigenvalue weighted by molar-refractivity contribution is 6.16. The van der Waals surface area contributed by atoms with Crippen LogP contribution in [0.15, 0.2) is 20.0 Å². The molecule has 0 radical (unpaired) electrons. The van der Waals surface area contributed by atoms with E-state index in [1.54, 1.807) is 6.21 Å². The lowest BCUT2D eigenvalue weighted by Crippen LogP contribution is -2.29. The second kappa shape index (κ2) is 2.51. The van der Waals surface area contributed by atoms with Crippen molar-refractivity contribution in [2.24, 2.45) is 20.0 Å². The molecule has 0 saturated heterocycles. The van der Waals surface area contributed by atoms with Gasteiger partial charge in [-0.15, -0.1) is 0 Å². The number of hydrogen-bond donors (Lipinski definition) is 0. The van der Waals surface area contributed by atoms with Crippen LogP contribution in [0.2, 0.25) is 0 Å². The molecule has 2 heterocycles. The van der Waals surface area contributed by atoms with Crippen LogP contribution in [0.5, 0.6) is 0 Å². The molecule has 0 bridgehead atoms. The zero-order valence-electron chi connectivity index (χ0n) is 6.97. The van der Waals surface area contributed by atoms with Crippen molar-refractivity contribution in [2.75, 3.05) is 14.1 Å². The lowest BCUT2D eigenvalue weighted by molar-refractivity contribution is 0.615. The Balaban J connectivity index is 2.28. The highest BCUT2D eigenvalue weighted by Crippen LogP contribution is 2.06. The zero-order valence-corrected chi connectivity index (χ0v) is 6.97. The first kappa shape index (κ1) is 7.15. The van der Waals surface area contributed by atoms with Gasteiger partial charge in [0.25, 0.3) is 0 Å². The fourth-order valence-corrected chi connectivity index (χ4v) is 0.992. The second-order valence-corrected chi connectivity index (χ2v) is 2.78. The second-order valence-electron chi connectivity index (χ2n) is 2.78. The molecule has 0 spiro atoms. The average molecular weight is 163 g/mol. The van der Waals surface area contributed by atoms with Crippen molar-refractivity contribution in [1.82, 2.24) is 4.90 Å². The van der Waals surface area contributed by atoms with Gasteiger partial charge in [-0.05, 0) is 0 Å². The van der Waals surface area contributed by atoms with Gasteiger partial charge in [0.05, 0.1) is 0 Å². The molecular formula is C7H9N5. The van der Waals surface area contributed by atoms with Gasteiger partial charge >= 0.3 is 0 Å². The highest BCUT2D eigenvalue weighted by Gasteiger charge is 2.20. The molecule has 2 aliphatic rings. The summed E-state index contributed by atoms with van der Waals surface area (Å²) in [6, 6.07) is -0.0475. The molecule has 0 N–H and O–H groups in total. The molecule has 12 heavy (non-hydrogen) atoms. The van der Waals surface area contributed by atoms with Crippen molar-refractivity contribution in [3.05, 3.63) is 0 Å². The Morgan fingerprint density at radius 2 is 2.25 bits per heavy atom. The van der Waals surface area contributed by atoms with Crippen molar-refractivity contribution in [1.29, 1.82) is 0 Å². The van der Waals surface area contributed by atoms with E-state index >= 15 is 0 Å². The number of aliphatic imine (C=N–C) groups is 4. The maximum atomic E-state index is 4.21. The molecule has 0 aromatic heterocycles. The van der Waals surface area contributed by atoms with E-state index in [-0.39, 0.29) is 6.04 Å². The van der Waals surface area contributed by atoms with Crippen LogP contribution in [-0.2, 0) is 0 Å². The average Bonchev–Trinajstić information content (AvgIpc) is 2.49. The van der Waals surface area contributed by atoms with Crippen LogP contribution in [0.25, 0.3) is 0 Å². The quantitative estimate of drug-likeness (QED) is 0.487. The van der Waals surface area contributed by atoms with Crippen molar-refractivity contribution in [3.63, 3.8) is 0 Å². The summed E-state index contributed by atoms with van der Waals surface area (Å²) in [5.41, 5.74) is 0. The Bertz CT molecular complexity index is 310. The third kappa shape index (κ3) is 1.03. The normalized spacial score (nSPS) is 25.0. The van der Waals surface area contributed by atoms with E-state index in [9.17, 15) is 0 Å². The predicted octanol–water partition coefficient (Wildman–Crippen LogP) is -0.203. The van der Waals surface area contributed by atoms with Gasteiger partial charge in [0.15, 0.2) is 5.84 Å². The van der Waals surface area contributed by atoms with Gasteiger partial charge in [0.2, 0.25) is 5.96 Å². The molecule has 0 amide bonds. The first-order valence-corrected chi connectivity index (χ1v) is 3.67. The lowest BCUT2D eigenvalue weighted by Gasteiger charge is -2.15. The highest BCUT2D eigenvalue weighted by atomic mass is 15.3. The molecule has 0 aromatic rings. The number of rotatable bonds is 0. The molecule has 62 valence electrons. The van der Waals surface area contributed by atoms with Crippen LogP contribution in [0.4, 0.5) is 0 Å². The minimum atomic E-state index is -0.0475. The minimum absolute atomic E-state index is 0.0475. The summed E-state index contributed by atoms with van der Waals surface area (Å²) in [6.07, 6.45) is 3.28. The molecule has 0 aliphatic carbocycles. The van der Waals surface area contributed by atoms with Crippen molar-refractivity contribution >= 4 is 24.3 Å². The van der Waals surface area contributed by atoms with Gasteiger partial charge in [-0.1, -0.05) is 0 Å². The van der Waals surface area contributed by atoms with Crippen LogP contribution in [0, 0.1) is 0 Å². The smallest absolute Gasteiger partial charge is 0.226 e. The summed E-state index contributed by atoms with van der Waals surface area (Å²) in [7, 11) is 3.79. The Morgan fingerprint density at radius 3 is 3.00 bits per heavy atom. The summed E-state index contributed by atoms with van der Waals surface area (Å²) < 4.78 is 0. The van der Waals surface area contributed by atoms with Gasteiger partial charge in [-0.2, -0.15) is 4.99 Å². The Kier molecular flexibility index (Phi) is 1.49. The fraction of sp³-hybridized carbons (Fsp3) is 0.429. The van der Waals surface area contributed by atoms with Gasteiger partial charge in [0, 0.05) is 20.3 Å². The molecule has 1 atom stereocenters. The van der Waals surface area contributed by atoms with E-state index in [1.807, 2.05) is 19.0 Å². The van der Waals surface area contributed by atoms with Gasteiger partial charge in [-0.3, -0.25) is 4.99 Å². The van der Waals surface area contributed by atoms with Crippen LogP contribution >= 0.6 is 0 Å². The number of amidine groups is 1. The van der Waals surface area contributed by atoms with Crippen LogP contribution < -0.4 is 0 Å². The monoisotopic (exact) mass is 163 g/mol. The maximum Gasteiger partial charge on any atom is 0.226 e. The Labute approximate surface area is 70.3 Å². The number of hydrogen-bond acceptors (Lipinski definition) is 5. The van der Waals surface area contributed by atoms with Gasteiger partial charge in [0.1, 0.15) is 12.4 Å². The lowest BCUT2D eigenvalue weighted by atomic mass is 10.3. The standard InChI is InChI=1S/C7H9N5/c1-12(2)7-8-3-5-6(11-7)10-4-9-5/h3-5H,1-2H3. The Morgan fingerprint density at radius 1 is 1.42 bits per heavy atom. The summed E-state index contributed by atoms with van der Waals surface area (Å²) in [6.45, 7) is 0. The molecule has 2 aliphatic heterocycles. The van der Waals surface area contributed by atoms with E-state index in [4.69, 9.17) is 0 Å². The number of nitrogens with zero attached hydrogens (tertiary/aromatic N) is 5. The zero-order chi connectivity index (χ0) is 8.55. The summed E-state index contributed by atoms with van der Waals surface area (Å²) >= 11 is 0. The van der Waals surface area contributed by atoms with E-state index < -0.39 is 0 Å². The largest absolute Gasteiger partial charge is 0.347 e. The minimum Gasteiger partial charge on any atom is -0.347 e. The fourth-order valence-electron chi connectivity index (χ4n) is 0.992. The topological polar surface area (TPSA) is 52.7 Å². The third-order valence-electron chi connectivity index (χ3n) is 1.63. The molecule has 1 unspecified atom stereocenters. The maximum absolute atomic E-state index is 4.21. The number of fused-ring (bicyclic) bond motifs is 1. The summed E-state index contributed by atoms with van der Waals surface area (Å²) in [5, 5.41) is 0. The van der Waals surface area contributed by atoms with E-state index in [0.29, 0.717) is 5.96 Å². The molecule has 0 aromatic carbocycles. The number of guanidine groups is 1. The van der Waals surface area contributed by atoms with Crippen LogP contribution in [0.3, 0.4) is 0 Å². The predicted molar refractivity (Wildman–Crippen MR) is 49.3 cm³/mol. The molecular weight excluding hydrogens is 154 g/mol. The SMILES string of the molecule is CN(C)C1=NC2=NC=NC2C=N1. The van der Waals surface area contributed by atoms with E-state index in [2.05, 4.69) is 20.0 Å². The first-order valence-electron chi connectivity index (χ1n) is 3.67. The van der Waals surface area contributed by atoms with E-state index in [1.165, 1.54) is 6.34 Å². The van der Waals surface area contributed by atoms with Crippen molar-refractivity contribution in [2.45, 2.75) is 6.04 Å². The molecule has 5 heteroatoms. The van der Waals surface area contributed by atoms with Crippen LogP contribution in [-0.4, -0.2) is 49.4 Å². The first-order chi connectivity index (χ1) is 5.77. The summed E-state index contributed by atoms with van der Waals surface area (Å²) in [5.74, 6) is 1.41. The molecule has 5 nitrogen and oxygen atoms in total. The summed E-state index contributed by atoms with van der Waals surface area (Å²) in [4.78, 5) is 18.2. The third-order valence-corrected chi connectivity index (χ3v) is 1.63.